The van der Waals surface area contributed by atoms with E-state index in [4.69, 9.17) is 9.72 Å². The monoisotopic (exact) mass is 429 g/mol. The van der Waals surface area contributed by atoms with E-state index in [0.29, 0.717) is 12.3 Å². The highest BCUT2D eigenvalue weighted by Crippen LogP contribution is 2.32. The number of nitrogens with zero attached hydrogens (tertiary/aromatic N) is 3. The maximum atomic E-state index is 13.1. The summed E-state index contributed by atoms with van der Waals surface area (Å²) in [5.41, 5.74) is 2.23. The highest BCUT2D eigenvalue weighted by Gasteiger charge is 2.20. The van der Waals surface area contributed by atoms with Crippen molar-refractivity contribution >= 4 is 44.4 Å². The Balaban J connectivity index is 1.79. The molecule has 0 N–H and O–H groups in total. The number of anilines is 1. The first kappa shape index (κ1) is 21.6. The number of hydrogen-bond acceptors (Lipinski definition) is 6. The average molecular weight is 430 g/mol. The van der Waals surface area contributed by atoms with Gasteiger partial charge in [0.25, 0.3) is 0 Å². The minimum atomic E-state index is 0.0739. The van der Waals surface area contributed by atoms with E-state index in [9.17, 15) is 4.79 Å². The van der Waals surface area contributed by atoms with Crippen molar-refractivity contribution < 1.29 is 9.53 Å². The molecule has 0 atom stereocenters. The molecule has 1 heterocycles. The van der Waals surface area contributed by atoms with Crippen LogP contribution in [0.3, 0.4) is 0 Å². The van der Waals surface area contributed by atoms with Gasteiger partial charge in [-0.25, -0.2) is 4.98 Å². The molecule has 3 aromatic rings. The van der Waals surface area contributed by atoms with Gasteiger partial charge in [-0.2, -0.15) is 0 Å². The Morgan fingerprint density at radius 2 is 1.90 bits per heavy atom. The molecule has 2 aromatic carbocycles. The van der Waals surface area contributed by atoms with Crippen LogP contribution in [0.5, 0.6) is 5.75 Å². The molecule has 0 saturated carbocycles. The number of benzene rings is 2. The van der Waals surface area contributed by atoms with E-state index < -0.39 is 0 Å². The number of thioether (sulfide) groups is 1. The molecule has 0 bridgehead atoms. The summed E-state index contributed by atoms with van der Waals surface area (Å²) in [6.45, 7) is 3.54. The van der Waals surface area contributed by atoms with E-state index in [1.54, 1.807) is 18.4 Å². The number of rotatable bonds is 9. The number of methoxy groups -OCH3 is 1. The van der Waals surface area contributed by atoms with Gasteiger partial charge in [0.2, 0.25) is 5.91 Å². The molecule has 1 amide bonds. The Bertz CT molecular complexity index is 954. The van der Waals surface area contributed by atoms with Gasteiger partial charge in [0.15, 0.2) is 5.13 Å². The van der Waals surface area contributed by atoms with Crippen LogP contribution in [-0.2, 0) is 11.2 Å². The summed E-state index contributed by atoms with van der Waals surface area (Å²) in [6, 6.07) is 14.0. The maximum Gasteiger partial charge on any atom is 0.239 e. The number of aryl methyl sites for hydroxylation is 1. The minimum absolute atomic E-state index is 0.0739. The molecule has 0 saturated heterocycles. The summed E-state index contributed by atoms with van der Waals surface area (Å²) in [6.07, 6.45) is 0.930. The number of carbonyl (C=O) groups is 1. The second-order valence-corrected chi connectivity index (χ2v) is 8.98. The van der Waals surface area contributed by atoms with Crippen LogP contribution in [0.2, 0.25) is 0 Å². The smallest absolute Gasteiger partial charge is 0.239 e. The van der Waals surface area contributed by atoms with Gasteiger partial charge in [-0.1, -0.05) is 30.4 Å². The number of aromatic nitrogens is 1. The quantitative estimate of drug-likeness (QED) is 0.467. The second kappa shape index (κ2) is 10.1. The Labute approximate surface area is 180 Å². The number of likely N-dealkylation sites (N-methyl/N-ethyl adjacent to an activating group) is 1. The first-order valence-corrected chi connectivity index (χ1v) is 11.4. The van der Waals surface area contributed by atoms with E-state index in [0.717, 1.165) is 39.0 Å². The summed E-state index contributed by atoms with van der Waals surface area (Å²) in [4.78, 5) is 22.9. The maximum absolute atomic E-state index is 13.1. The summed E-state index contributed by atoms with van der Waals surface area (Å²) < 4.78 is 6.33. The number of amides is 1. The highest BCUT2D eigenvalue weighted by molar-refractivity contribution is 8.00. The topological polar surface area (TPSA) is 45.7 Å². The first-order chi connectivity index (χ1) is 14.0. The standard InChI is InChI=1S/C22H27N3O2S2/c1-5-16-7-6-8-19-21(16)23-22(29-19)25(14-13-24(2)3)20(26)15-28-18-11-9-17(27-4)10-12-18/h6-12H,5,13-15H2,1-4H3. The number of thiazole rings is 1. The van der Waals surface area contributed by atoms with Gasteiger partial charge in [0.1, 0.15) is 5.75 Å². The molecule has 3 rings (SSSR count). The van der Waals surface area contributed by atoms with Crippen molar-refractivity contribution in [1.29, 1.82) is 0 Å². The zero-order valence-corrected chi connectivity index (χ0v) is 19.0. The van der Waals surface area contributed by atoms with Crippen LogP contribution in [0.4, 0.5) is 5.13 Å². The fraction of sp³-hybridized carbons (Fsp3) is 0.364. The largest absolute Gasteiger partial charge is 0.497 e. The SMILES string of the molecule is CCc1cccc2sc(N(CCN(C)C)C(=O)CSc3ccc(OC)cc3)nc12. The van der Waals surface area contributed by atoms with Gasteiger partial charge < -0.3 is 9.64 Å². The van der Waals surface area contributed by atoms with Crippen LogP contribution in [0, 0.1) is 0 Å². The summed E-state index contributed by atoms with van der Waals surface area (Å²) in [5, 5.41) is 0.781. The average Bonchev–Trinajstić information content (AvgIpc) is 3.16. The van der Waals surface area contributed by atoms with Crippen LogP contribution in [0.1, 0.15) is 12.5 Å². The molecule has 0 spiro atoms. The zero-order chi connectivity index (χ0) is 20.8. The van der Waals surface area contributed by atoms with Crippen molar-refractivity contribution in [2.75, 3.05) is 44.9 Å². The Morgan fingerprint density at radius 3 is 2.55 bits per heavy atom. The van der Waals surface area contributed by atoms with Gasteiger partial charge in [-0.15, -0.1) is 11.8 Å². The predicted octanol–water partition coefficient (Wildman–Crippen LogP) is 4.55. The van der Waals surface area contributed by atoms with Crippen molar-refractivity contribution in [3.63, 3.8) is 0 Å². The lowest BCUT2D eigenvalue weighted by molar-refractivity contribution is -0.116. The van der Waals surface area contributed by atoms with Crippen LogP contribution >= 0.6 is 23.1 Å². The molecule has 0 aliphatic heterocycles. The van der Waals surface area contributed by atoms with Crippen molar-refractivity contribution in [1.82, 2.24) is 9.88 Å². The van der Waals surface area contributed by atoms with Crippen LogP contribution in [-0.4, -0.2) is 55.8 Å². The third-order valence-electron chi connectivity index (χ3n) is 4.60. The Morgan fingerprint density at radius 1 is 1.14 bits per heavy atom. The fourth-order valence-corrected chi connectivity index (χ4v) is 4.75. The lowest BCUT2D eigenvalue weighted by Crippen LogP contribution is -2.37. The summed E-state index contributed by atoms with van der Waals surface area (Å²) >= 11 is 3.13. The number of fused-ring (bicyclic) bond motifs is 1. The van der Waals surface area contributed by atoms with Crippen molar-refractivity contribution in [3.05, 3.63) is 48.0 Å². The van der Waals surface area contributed by atoms with Gasteiger partial charge in [-0.3, -0.25) is 9.69 Å². The minimum Gasteiger partial charge on any atom is -0.497 e. The lowest BCUT2D eigenvalue weighted by atomic mass is 10.1. The van der Waals surface area contributed by atoms with Crippen LogP contribution in [0.15, 0.2) is 47.4 Å². The summed E-state index contributed by atoms with van der Waals surface area (Å²) in [5.74, 6) is 1.26. The number of ether oxygens (including phenoxy) is 1. The van der Waals surface area contributed by atoms with Gasteiger partial charge >= 0.3 is 0 Å². The molecule has 7 heteroatoms. The van der Waals surface area contributed by atoms with Crippen molar-refractivity contribution in [2.24, 2.45) is 0 Å². The Kier molecular flexibility index (Phi) is 7.52. The molecular formula is C22H27N3O2S2. The van der Waals surface area contributed by atoms with Gasteiger partial charge in [0.05, 0.1) is 23.1 Å². The highest BCUT2D eigenvalue weighted by atomic mass is 32.2. The zero-order valence-electron chi connectivity index (χ0n) is 17.3. The molecule has 0 fully saturated rings. The van der Waals surface area contributed by atoms with Gasteiger partial charge in [0, 0.05) is 18.0 Å². The van der Waals surface area contributed by atoms with Crippen molar-refractivity contribution in [2.45, 2.75) is 18.2 Å². The van der Waals surface area contributed by atoms with Crippen molar-refractivity contribution in [3.8, 4) is 5.75 Å². The van der Waals surface area contributed by atoms with Crippen LogP contribution in [0.25, 0.3) is 10.2 Å². The lowest BCUT2D eigenvalue weighted by Gasteiger charge is -2.21. The fourth-order valence-electron chi connectivity index (χ4n) is 2.92. The Hall–Kier alpha value is -2.09. The van der Waals surface area contributed by atoms with E-state index in [1.165, 1.54) is 17.3 Å². The third-order valence-corrected chi connectivity index (χ3v) is 6.64. The molecular weight excluding hydrogens is 402 g/mol. The van der Waals surface area contributed by atoms with E-state index in [-0.39, 0.29) is 5.91 Å². The molecule has 0 aliphatic rings. The number of para-hydroxylation sites is 1. The summed E-state index contributed by atoms with van der Waals surface area (Å²) in [7, 11) is 5.68. The molecule has 0 aliphatic carbocycles. The van der Waals surface area contributed by atoms with Gasteiger partial charge in [-0.05, 0) is 56.4 Å². The molecule has 0 unspecified atom stereocenters. The molecule has 154 valence electrons. The normalized spacial score (nSPS) is 11.2. The first-order valence-electron chi connectivity index (χ1n) is 9.62. The molecule has 0 radical (unpaired) electrons. The van der Waals surface area contributed by atoms with Crippen LogP contribution < -0.4 is 9.64 Å². The number of hydrogen-bond donors (Lipinski definition) is 0. The molecule has 1 aromatic heterocycles. The molecule has 29 heavy (non-hydrogen) atoms. The molecule has 5 nitrogen and oxygen atoms in total. The predicted molar refractivity (Wildman–Crippen MR) is 124 cm³/mol. The van der Waals surface area contributed by atoms with E-state index >= 15 is 0 Å². The second-order valence-electron chi connectivity index (χ2n) is 6.93. The third kappa shape index (κ3) is 5.50. The van der Waals surface area contributed by atoms with E-state index in [1.807, 2.05) is 43.3 Å². The number of carbonyl (C=O) groups excluding carboxylic acids is 1. The van der Waals surface area contributed by atoms with E-state index in [2.05, 4.69) is 30.0 Å².